The van der Waals surface area contributed by atoms with E-state index < -0.39 is 0 Å². The van der Waals surface area contributed by atoms with Crippen LogP contribution in [0.25, 0.3) is 0 Å². The van der Waals surface area contributed by atoms with Gasteiger partial charge in [0.1, 0.15) is 0 Å². The standard InChI is InChI=1S/C16H22N2O/c1-12-7-13(2)9-14(8-12)15(19)18-6-4-16(11-18)3-5-17-10-16/h7-9,17H,3-6,10-11H2,1-2H3. The van der Waals surface area contributed by atoms with Crippen molar-refractivity contribution < 1.29 is 4.79 Å². The zero-order valence-corrected chi connectivity index (χ0v) is 11.8. The summed E-state index contributed by atoms with van der Waals surface area (Å²) in [6.45, 7) is 8.11. The van der Waals surface area contributed by atoms with Gasteiger partial charge in [0.2, 0.25) is 0 Å². The molecular weight excluding hydrogens is 236 g/mol. The number of rotatable bonds is 1. The molecule has 19 heavy (non-hydrogen) atoms. The van der Waals surface area contributed by atoms with Gasteiger partial charge in [0.05, 0.1) is 0 Å². The summed E-state index contributed by atoms with van der Waals surface area (Å²) in [6.07, 6.45) is 2.36. The normalized spacial score (nSPS) is 26.3. The Hall–Kier alpha value is -1.35. The van der Waals surface area contributed by atoms with E-state index in [1.54, 1.807) is 0 Å². The molecule has 0 radical (unpaired) electrons. The Morgan fingerprint density at radius 1 is 1.21 bits per heavy atom. The van der Waals surface area contributed by atoms with E-state index in [9.17, 15) is 4.79 Å². The highest BCUT2D eigenvalue weighted by atomic mass is 16.2. The summed E-state index contributed by atoms with van der Waals surface area (Å²) in [6, 6.07) is 6.13. The van der Waals surface area contributed by atoms with Gasteiger partial charge in [-0.15, -0.1) is 0 Å². The average molecular weight is 258 g/mol. The Balaban J connectivity index is 1.77. The van der Waals surface area contributed by atoms with Gasteiger partial charge in [-0.1, -0.05) is 17.2 Å². The maximum absolute atomic E-state index is 12.6. The van der Waals surface area contributed by atoms with Gasteiger partial charge in [-0.2, -0.15) is 0 Å². The zero-order chi connectivity index (χ0) is 13.5. The lowest BCUT2D eigenvalue weighted by Crippen LogP contribution is -2.33. The molecule has 2 heterocycles. The van der Waals surface area contributed by atoms with Gasteiger partial charge in [0.15, 0.2) is 0 Å². The summed E-state index contributed by atoms with van der Waals surface area (Å²) < 4.78 is 0. The molecule has 0 bridgehead atoms. The zero-order valence-electron chi connectivity index (χ0n) is 11.8. The fourth-order valence-corrected chi connectivity index (χ4v) is 3.53. The van der Waals surface area contributed by atoms with Crippen LogP contribution in [0, 0.1) is 19.3 Å². The first-order valence-electron chi connectivity index (χ1n) is 7.16. The lowest BCUT2D eigenvalue weighted by molar-refractivity contribution is 0.0775. The highest BCUT2D eigenvalue weighted by Gasteiger charge is 2.41. The van der Waals surface area contributed by atoms with Gasteiger partial charge in [0, 0.05) is 30.6 Å². The molecule has 1 aromatic rings. The minimum atomic E-state index is 0.204. The summed E-state index contributed by atoms with van der Waals surface area (Å²) >= 11 is 0. The topological polar surface area (TPSA) is 32.3 Å². The Morgan fingerprint density at radius 3 is 2.58 bits per heavy atom. The lowest BCUT2D eigenvalue weighted by Gasteiger charge is -2.23. The number of nitrogens with zero attached hydrogens (tertiary/aromatic N) is 1. The Labute approximate surface area is 115 Å². The molecule has 3 heteroatoms. The van der Waals surface area contributed by atoms with E-state index in [1.807, 2.05) is 17.0 Å². The van der Waals surface area contributed by atoms with Crippen molar-refractivity contribution in [3.05, 3.63) is 34.9 Å². The first-order valence-corrected chi connectivity index (χ1v) is 7.16. The molecule has 2 aliphatic heterocycles. The van der Waals surface area contributed by atoms with Crippen molar-refractivity contribution in [2.75, 3.05) is 26.2 Å². The van der Waals surface area contributed by atoms with Crippen LogP contribution in [-0.4, -0.2) is 37.0 Å². The van der Waals surface area contributed by atoms with Gasteiger partial charge in [-0.05, 0) is 45.4 Å². The van der Waals surface area contributed by atoms with Crippen molar-refractivity contribution in [2.24, 2.45) is 5.41 Å². The van der Waals surface area contributed by atoms with Crippen molar-refractivity contribution in [2.45, 2.75) is 26.7 Å². The summed E-state index contributed by atoms with van der Waals surface area (Å²) in [5, 5.41) is 3.43. The second-order valence-corrected chi connectivity index (χ2v) is 6.28. The second-order valence-electron chi connectivity index (χ2n) is 6.28. The van der Waals surface area contributed by atoms with Crippen LogP contribution < -0.4 is 5.32 Å². The molecule has 2 fully saturated rings. The quantitative estimate of drug-likeness (QED) is 0.837. The Morgan fingerprint density at radius 2 is 1.95 bits per heavy atom. The van der Waals surface area contributed by atoms with Crippen molar-refractivity contribution >= 4 is 5.91 Å². The second kappa shape index (κ2) is 4.64. The summed E-state index contributed by atoms with van der Waals surface area (Å²) in [5.74, 6) is 0.204. The SMILES string of the molecule is Cc1cc(C)cc(C(=O)N2CCC3(CCNC3)C2)c1. The number of hydrogen-bond donors (Lipinski definition) is 1. The first kappa shape index (κ1) is 12.7. The van der Waals surface area contributed by atoms with E-state index >= 15 is 0 Å². The number of hydrogen-bond acceptors (Lipinski definition) is 2. The number of carbonyl (C=O) groups is 1. The number of aryl methyl sites for hydroxylation is 2. The predicted molar refractivity (Wildman–Crippen MR) is 76.4 cm³/mol. The third-order valence-electron chi connectivity index (χ3n) is 4.53. The summed E-state index contributed by atoms with van der Waals surface area (Å²) in [7, 11) is 0. The number of benzene rings is 1. The Kier molecular flexibility index (Phi) is 3.09. The van der Waals surface area contributed by atoms with E-state index in [2.05, 4.69) is 25.2 Å². The molecule has 1 spiro atoms. The molecule has 0 aromatic heterocycles. The van der Waals surface area contributed by atoms with Crippen molar-refractivity contribution in [3.63, 3.8) is 0 Å². The van der Waals surface area contributed by atoms with Crippen LogP contribution in [0.3, 0.4) is 0 Å². The van der Waals surface area contributed by atoms with Crippen molar-refractivity contribution in [1.82, 2.24) is 10.2 Å². The molecule has 1 atom stereocenters. The number of nitrogens with one attached hydrogen (secondary N) is 1. The van der Waals surface area contributed by atoms with Crippen molar-refractivity contribution in [3.8, 4) is 0 Å². The van der Waals surface area contributed by atoms with Gasteiger partial charge >= 0.3 is 0 Å². The monoisotopic (exact) mass is 258 g/mol. The summed E-state index contributed by atoms with van der Waals surface area (Å²) in [5.41, 5.74) is 3.54. The van der Waals surface area contributed by atoms with Gasteiger partial charge < -0.3 is 10.2 Å². The molecule has 3 rings (SSSR count). The molecule has 1 amide bonds. The van der Waals surface area contributed by atoms with E-state index in [1.165, 1.54) is 17.5 Å². The molecule has 2 aliphatic rings. The molecule has 0 aliphatic carbocycles. The maximum Gasteiger partial charge on any atom is 0.253 e. The minimum Gasteiger partial charge on any atom is -0.338 e. The number of amides is 1. The third-order valence-corrected chi connectivity index (χ3v) is 4.53. The van der Waals surface area contributed by atoms with Gasteiger partial charge in [-0.25, -0.2) is 0 Å². The fraction of sp³-hybridized carbons (Fsp3) is 0.562. The number of carbonyl (C=O) groups excluding carboxylic acids is 1. The van der Waals surface area contributed by atoms with Crippen LogP contribution in [0.1, 0.15) is 34.3 Å². The van der Waals surface area contributed by atoms with Gasteiger partial charge in [-0.3, -0.25) is 4.79 Å². The Bertz CT molecular complexity index is 483. The van der Waals surface area contributed by atoms with E-state index in [-0.39, 0.29) is 5.91 Å². The average Bonchev–Trinajstić information content (AvgIpc) is 2.98. The van der Waals surface area contributed by atoms with Crippen LogP contribution >= 0.6 is 0 Å². The molecule has 3 nitrogen and oxygen atoms in total. The molecule has 0 saturated carbocycles. The molecule has 102 valence electrons. The van der Waals surface area contributed by atoms with E-state index in [0.717, 1.165) is 38.2 Å². The maximum atomic E-state index is 12.6. The highest BCUT2D eigenvalue weighted by molar-refractivity contribution is 5.94. The molecule has 1 N–H and O–H groups in total. The molecule has 1 aromatic carbocycles. The fourth-order valence-electron chi connectivity index (χ4n) is 3.53. The van der Waals surface area contributed by atoms with Crippen LogP contribution in [0.5, 0.6) is 0 Å². The van der Waals surface area contributed by atoms with Crippen LogP contribution in [0.15, 0.2) is 18.2 Å². The minimum absolute atomic E-state index is 0.204. The number of likely N-dealkylation sites (tertiary alicyclic amines) is 1. The van der Waals surface area contributed by atoms with Crippen LogP contribution in [0.2, 0.25) is 0 Å². The highest BCUT2D eigenvalue weighted by Crippen LogP contribution is 2.36. The van der Waals surface area contributed by atoms with Crippen LogP contribution in [-0.2, 0) is 0 Å². The van der Waals surface area contributed by atoms with Gasteiger partial charge in [0.25, 0.3) is 5.91 Å². The predicted octanol–water partition coefficient (Wildman–Crippen LogP) is 2.13. The van der Waals surface area contributed by atoms with E-state index in [0.29, 0.717) is 5.41 Å². The molecular formula is C16H22N2O. The largest absolute Gasteiger partial charge is 0.338 e. The smallest absolute Gasteiger partial charge is 0.253 e. The lowest BCUT2D eigenvalue weighted by atomic mass is 9.86. The third kappa shape index (κ3) is 2.39. The molecule has 2 saturated heterocycles. The van der Waals surface area contributed by atoms with Crippen molar-refractivity contribution in [1.29, 1.82) is 0 Å². The van der Waals surface area contributed by atoms with E-state index in [4.69, 9.17) is 0 Å². The summed E-state index contributed by atoms with van der Waals surface area (Å²) in [4.78, 5) is 14.6. The molecule has 1 unspecified atom stereocenters. The first-order chi connectivity index (χ1) is 9.08. The van der Waals surface area contributed by atoms with Crippen LogP contribution in [0.4, 0.5) is 0 Å².